The van der Waals surface area contributed by atoms with Gasteiger partial charge >= 0.3 is 11.9 Å². The van der Waals surface area contributed by atoms with E-state index in [0.717, 1.165) is 88.4 Å². The van der Waals surface area contributed by atoms with Gasteiger partial charge in [-0.3, -0.25) is 48.2 Å². The Morgan fingerprint density at radius 3 is 1.01 bits per heavy atom. The molecule has 2 rings (SSSR count). The number of carboxylic acid groups (broad SMARTS) is 2. The average molecular weight is 1360 g/mol. The van der Waals surface area contributed by atoms with Crippen LogP contribution in [0.5, 0.6) is 0 Å². The van der Waals surface area contributed by atoms with Crippen molar-refractivity contribution in [1.29, 1.82) is 0 Å². The van der Waals surface area contributed by atoms with Gasteiger partial charge < -0.3 is 50.3 Å². The second-order valence-corrected chi connectivity index (χ2v) is 47.5. The van der Waals surface area contributed by atoms with Gasteiger partial charge in [0.05, 0.1) is 12.8 Å². The van der Waals surface area contributed by atoms with Gasteiger partial charge in [0, 0.05) is 84.8 Å². The van der Waals surface area contributed by atoms with Crippen LogP contribution in [0.15, 0.2) is 24.4 Å². The summed E-state index contributed by atoms with van der Waals surface area (Å²) >= 11 is 0. The minimum absolute atomic E-state index is 0.00475. The summed E-state index contributed by atoms with van der Waals surface area (Å²) in [5.41, 5.74) is 0.792. The molecule has 2 fully saturated rings. The summed E-state index contributed by atoms with van der Waals surface area (Å²) in [4.78, 5) is 104. The molecule has 20 nitrogen and oxygen atoms in total. The smallest absolute Gasteiger partial charge is 0.304 e. The highest BCUT2D eigenvalue weighted by atomic mass is 28.4. The van der Waals surface area contributed by atoms with Gasteiger partial charge in [0.15, 0.2) is 33.3 Å². The first-order valence-electron chi connectivity index (χ1n) is 34.5. The largest absolute Gasteiger partial charge is 0.481 e. The van der Waals surface area contributed by atoms with Gasteiger partial charge in [0.1, 0.15) is 15.7 Å². The summed E-state index contributed by atoms with van der Waals surface area (Å²) in [6, 6.07) is 4.09. The molecule has 2 heterocycles. The van der Waals surface area contributed by atoms with Gasteiger partial charge in [-0.1, -0.05) is 38.8 Å². The molecule has 0 bridgehead atoms. The molecule has 26 heteroatoms. The molecular weight excluding hydrogens is 1230 g/mol. The Kier molecular flexibility index (Phi) is 39.2. The van der Waals surface area contributed by atoms with Crippen molar-refractivity contribution >= 4 is 96.3 Å². The van der Waals surface area contributed by atoms with E-state index in [9.17, 15) is 48.6 Å². The van der Waals surface area contributed by atoms with Crippen LogP contribution in [0.1, 0.15) is 184 Å². The van der Waals surface area contributed by atoms with Crippen LogP contribution in [0.25, 0.3) is 0 Å². The van der Waals surface area contributed by atoms with E-state index >= 15 is 0 Å². The van der Waals surface area contributed by atoms with E-state index in [1.807, 2.05) is 55.6 Å². The molecule has 6 amide bonds. The maximum Gasteiger partial charge on any atom is 0.304 e. The molecule has 524 valence electrons. The first kappa shape index (κ1) is 86.1. The molecule has 2 saturated heterocycles. The van der Waals surface area contributed by atoms with Gasteiger partial charge in [-0.15, -0.1) is 0 Å². The number of rotatable bonds is 48. The number of imide groups is 2. The Bertz CT molecular complexity index is 2220. The van der Waals surface area contributed by atoms with Crippen molar-refractivity contribution in [2.75, 3.05) is 14.1 Å². The van der Waals surface area contributed by atoms with Gasteiger partial charge in [0.2, 0.25) is 35.4 Å². The highest BCUT2D eigenvalue weighted by Crippen LogP contribution is 2.34. The Morgan fingerprint density at radius 2 is 0.739 bits per heavy atom. The summed E-state index contributed by atoms with van der Waals surface area (Å²) in [5, 5.41) is 37.4. The standard InChI is InChI=1S/C34H64B2N4O7Si2.C32H62N4O5Si2/c1-23(37-27(5)35)15-17-25(3)39-33(45)29(21-31(41)42)13-11-19-48(7,8)47-49(9,10)20-12-14-30(22-32(43)44)34(46)40-26(4)18-16-24(2)38-28(6)36;1-23(33-5)15-17-25(3)35-29(37)21-27(31(35)39)13-11-19-42(7,8)41-43(9,10)20-12-14-28-22-30(38)36(32(28)40)26(4)18-16-24(2)34-6/h23-26,29-30,37-38H,5-6,11-22H2,1-4,7-10H3,(H,39,45)(H,40,46)(H,41,42)(H,43,44);23-28,33-34H,11-22H2,1-10H3. The van der Waals surface area contributed by atoms with Crippen molar-refractivity contribution in [2.45, 2.75) is 309 Å². The molecule has 0 spiro atoms. The van der Waals surface area contributed by atoms with Crippen molar-refractivity contribution in [3.63, 3.8) is 0 Å². The molecule has 0 saturated carbocycles. The zero-order valence-electron chi connectivity index (χ0n) is 60.3. The summed E-state index contributed by atoms with van der Waals surface area (Å²) in [6.07, 6.45) is 12.2. The van der Waals surface area contributed by atoms with Crippen molar-refractivity contribution in [2.24, 2.45) is 23.7 Å². The lowest BCUT2D eigenvalue weighted by atomic mass is 9.97. The summed E-state index contributed by atoms with van der Waals surface area (Å²) < 4.78 is 13.6. The van der Waals surface area contributed by atoms with E-state index in [0.29, 0.717) is 74.6 Å². The fraction of sp³-hybridized carbons (Fsp3) is 0.818. The third kappa shape index (κ3) is 35.7. The van der Waals surface area contributed by atoms with E-state index in [1.54, 1.807) is 0 Å². The zero-order chi connectivity index (χ0) is 70.5. The third-order valence-corrected chi connectivity index (χ3v) is 33.2. The number of carbonyl (C=O) groups excluding carboxylic acids is 6. The minimum Gasteiger partial charge on any atom is -0.481 e. The number of carboxylic acids is 2. The molecule has 0 aliphatic carbocycles. The van der Waals surface area contributed by atoms with Crippen molar-refractivity contribution in [1.82, 2.24) is 41.7 Å². The normalized spacial score (nSPS) is 19.0. The lowest BCUT2D eigenvalue weighted by Gasteiger charge is -2.34. The van der Waals surface area contributed by atoms with Crippen LogP contribution in [0.3, 0.4) is 0 Å². The number of amides is 6. The third-order valence-electron chi connectivity index (χ3n) is 18.2. The number of likely N-dealkylation sites (tertiary alicyclic amines) is 2. The second kappa shape index (κ2) is 41.9. The molecule has 2 aliphatic heterocycles. The number of nitrogens with zero attached hydrogens (tertiary/aromatic N) is 2. The van der Waals surface area contributed by atoms with Crippen molar-refractivity contribution < 1.29 is 56.8 Å². The van der Waals surface area contributed by atoms with E-state index in [1.165, 1.54) is 9.80 Å². The van der Waals surface area contributed by atoms with Crippen LogP contribution < -0.4 is 31.9 Å². The Morgan fingerprint density at radius 1 is 0.467 bits per heavy atom. The minimum atomic E-state index is -2.16. The maximum absolute atomic E-state index is 13.1. The predicted octanol–water partition coefficient (Wildman–Crippen LogP) is 10.2. The Balaban J connectivity index is 0.000000927. The summed E-state index contributed by atoms with van der Waals surface area (Å²) in [6.45, 7) is 40.9. The van der Waals surface area contributed by atoms with Crippen molar-refractivity contribution in [3.05, 3.63) is 24.4 Å². The van der Waals surface area contributed by atoms with Crippen LogP contribution >= 0.6 is 0 Å². The van der Waals surface area contributed by atoms with E-state index < -0.39 is 57.0 Å². The first-order chi connectivity index (χ1) is 42.5. The average Bonchev–Trinajstić information content (AvgIpc) is 1.69. The summed E-state index contributed by atoms with van der Waals surface area (Å²) in [7, 11) is 6.81. The zero-order valence-corrected chi connectivity index (χ0v) is 64.3. The number of aliphatic carboxylic acids is 2. The molecule has 4 radical (unpaired) electrons. The molecule has 92 heavy (non-hydrogen) atoms. The molecule has 0 aromatic carbocycles. The number of hydrogen-bond acceptors (Lipinski definition) is 14. The van der Waals surface area contributed by atoms with E-state index in [-0.39, 0.29) is 96.4 Å². The van der Waals surface area contributed by atoms with E-state index in [4.69, 9.17) is 23.9 Å². The monoisotopic (exact) mass is 1360 g/mol. The van der Waals surface area contributed by atoms with Gasteiger partial charge in [-0.05, 0) is 234 Å². The van der Waals surface area contributed by atoms with Crippen LogP contribution in [0.2, 0.25) is 76.6 Å². The van der Waals surface area contributed by atoms with Crippen LogP contribution in [-0.4, -0.2) is 179 Å². The lowest BCUT2D eigenvalue weighted by molar-refractivity contribution is -0.143. The van der Waals surface area contributed by atoms with Crippen molar-refractivity contribution in [3.8, 4) is 0 Å². The quantitative estimate of drug-likeness (QED) is 0.0208. The van der Waals surface area contributed by atoms with E-state index in [2.05, 4.69) is 111 Å². The fourth-order valence-electron chi connectivity index (χ4n) is 12.9. The molecule has 12 unspecified atom stereocenters. The predicted molar refractivity (Wildman–Crippen MR) is 383 cm³/mol. The molecule has 8 N–H and O–H groups in total. The van der Waals surface area contributed by atoms with Gasteiger partial charge in [-0.25, -0.2) is 0 Å². The Hall–Kier alpha value is -3.92. The second-order valence-electron chi connectivity index (χ2n) is 29.8. The number of nitrogens with one attached hydrogen (secondary N) is 6. The molecule has 12 atom stereocenters. The Labute approximate surface area is 562 Å². The van der Waals surface area contributed by atoms with Crippen LogP contribution in [0.4, 0.5) is 0 Å². The molecule has 0 aromatic heterocycles. The van der Waals surface area contributed by atoms with Gasteiger partial charge in [-0.2, -0.15) is 0 Å². The fourth-order valence-corrected chi connectivity index (χ4v) is 30.7. The summed E-state index contributed by atoms with van der Waals surface area (Å²) in [5.74, 6) is -4.18. The highest BCUT2D eigenvalue weighted by molar-refractivity contribution is 6.85. The lowest BCUT2D eigenvalue weighted by Crippen LogP contribution is -2.44. The molecule has 0 aromatic rings. The van der Waals surface area contributed by atoms with Gasteiger partial charge in [0.25, 0.3) is 0 Å². The topological polar surface area (TPSA) is 274 Å². The molecule has 2 aliphatic rings. The SMILES string of the molecule is CNC(C)CCC(C)N1C(=O)CC(CCC[Si](C)(C)O[Si](C)(C)CCCC2CC(=O)N(C(C)CCC(C)NC)C2=O)C1=O.[B]C(=C)NC(C)CCC(C)NC(=O)C(CCC[Si](C)(C)O[Si](C)(C)CCCC(CC(=O)O)C(=O)NC(C)CCC(C)NC([B])=C)CC(=O)O. The number of carbonyl (C=O) groups is 8. The molecular formula is C66H126B2N8O12Si4. The maximum atomic E-state index is 13.1. The first-order valence-corrected chi connectivity index (χ1v) is 46.9. The highest BCUT2D eigenvalue weighted by Gasteiger charge is 2.43. The van der Waals surface area contributed by atoms with Crippen LogP contribution in [0, 0.1) is 23.7 Å². The van der Waals surface area contributed by atoms with Crippen LogP contribution in [-0.2, 0) is 46.6 Å². The number of hydrogen-bond donors (Lipinski definition) is 8.